The minimum absolute atomic E-state index is 0.0231. The number of hydrogen-bond acceptors (Lipinski definition) is 3. The number of hydrogen-bond donors (Lipinski definition) is 2. The Labute approximate surface area is 127 Å². The van der Waals surface area contributed by atoms with Crippen LogP contribution in [0.25, 0.3) is 0 Å². The summed E-state index contributed by atoms with van der Waals surface area (Å²) in [7, 11) is 0. The average molecular weight is 289 g/mol. The SMILES string of the molecule is CC1CCCN(C(C)(C)CNC(=O)c2cccc(N)c2)C1. The van der Waals surface area contributed by atoms with Crippen molar-refractivity contribution in [2.45, 2.75) is 39.2 Å². The predicted octanol–water partition coefficient (Wildman–Crippen LogP) is 2.51. The second-order valence-electron chi connectivity index (χ2n) is 6.81. The fourth-order valence-electron chi connectivity index (χ4n) is 2.93. The fourth-order valence-corrected chi connectivity index (χ4v) is 2.93. The molecule has 4 heteroatoms. The van der Waals surface area contributed by atoms with E-state index in [0.29, 0.717) is 17.8 Å². The van der Waals surface area contributed by atoms with Gasteiger partial charge in [0.1, 0.15) is 0 Å². The number of nitrogens with one attached hydrogen (secondary N) is 1. The number of anilines is 1. The molecule has 0 bridgehead atoms. The lowest BCUT2D eigenvalue weighted by Gasteiger charge is -2.43. The third-order valence-electron chi connectivity index (χ3n) is 4.34. The van der Waals surface area contributed by atoms with Crippen LogP contribution < -0.4 is 11.1 Å². The molecule has 1 aliphatic heterocycles. The largest absolute Gasteiger partial charge is 0.399 e. The minimum Gasteiger partial charge on any atom is -0.399 e. The van der Waals surface area contributed by atoms with Gasteiger partial charge in [0, 0.05) is 29.9 Å². The van der Waals surface area contributed by atoms with E-state index in [4.69, 9.17) is 5.73 Å². The van der Waals surface area contributed by atoms with Crippen molar-refractivity contribution in [2.24, 2.45) is 5.92 Å². The van der Waals surface area contributed by atoms with Gasteiger partial charge in [-0.05, 0) is 57.4 Å². The number of likely N-dealkylation sites (tertiary alicyclic amines) is 1. The monoisotopic (exact) mass is 289 g/mol. The zero-order chi connectivity index (χ0) is 15.5. The molecule has 1 saturated heterocycles. The summed E-state index contributed by atoms with van der Waals surface area (Å²) in [6, 6.07) is 7.10. The zero-order valence-electron chi connectivity index (χ0n) is 13.4. The standard InChI is InChI=1S/C17H27N3O/c1-13-6-5-9-20(11-13)17(2,3)12-19-16(21)14-7-4-8-15(18)10-14/h4,7-8,10,13H,5-6,9,11-12,18H2,1-3H3,(H,19,21). The quantitative estimate of drug-likeness (QED) is 0.837. The second kappa shape index (κ2) is 6.48. The lowest BCUT2D eigenvalue weighted by molar-refractivity contribution is 0.0657. The first kappa shape index (κ1) is 15.8. The Morgan fingerprint density at radius 2 is 2.24 bits per heavy atom. The number of amides is 1. The van der Waals surface area contributed by atoms with Crippen LogP contribution in [-0.4, -0.2) is 36.0 Å². The van der Waals surface area contributed by atoms with Gasteiger partial charge in [0.25, 0.3) is 5.91 Å². The van der Waals surface area contributed by atoms with Gasteiger partial charge in [-0.15, -0.1) is 0 Å². The Morgan fingerprint density at radius 1 is 1.48 bits per heavy atom. The Bertz CT molecular complexity index is 499. The first-order valence-electron chi connectivity index (χ1n) is 7.77. The van der Waals surface area contributed by atoms with Crippen molar-refractivity contribution < 1.29 is 4.79 Å². The van der Waals surface area contributed by atoms with Crippen molar-refractivity contribution in [3.8, 4) is 0 Å². The summed E-state index contributed by atoms with van der Waals surface area (Å²) in [4.78, 5) is 14.7. The van der Waals surface area contributed by atoms with Crippen molar-refractivity contribution >= 4 is 11.6 Å². The van der Waals surface area contributed by atoms with Crippen LogP contribution in [0.5, 0.6) is 0 Å². The van der Waals surface area contributed by atoms with Crippen molar-refractivity contribution in [1.29, 1.82) is 0 Å². The number of nitrogens with zero attached hydrogens (tertiary/aromatic N) is 1. The van der Waals surface area contributed by atoms with Gasteiger partial charge in [-0.25, -0.2) is 0 Å². The number of piperidine rings is 1. The third-order valence-corrected chi connectivity index (χ3v) is 4.34. The van der Waals surface area contributed by atoms with E-state index in [1.54, 1.807) is 18.2 Å². The molecule has 0 spiro atoms. The van der Waals surface area contributed by atoms with Crippen LogP contribution in [0, 0.1) is 5.92 Å². The van der Waals surface area contributed by atoms with Crippen LogP contribution >= 0.6 is 0 Å². The van der Waals surface area contributed by atoms with Gasteiger partial charge in [-0.1, -0.05) is 13.0 Å². The van der Waals surface area contributed by atoms with Gasteiger partial charge in [-0.2, -0.15) is 0 Å². The summed E-state index contributed by atoms with van der Waals surface area (Å²) in [6.07, 6.45) is 2.55. The molecule has 1 aliphatic rings. The van der Waals surface area contributed by atoms with Gasteiger partial charge < -0.3 is 11.1 Å². The maximum Gasteiger partial charge on any atom is 0.251 e. The number of benzene rings is 1. The number of nitrogen functional groups attached to an aromatic ring is 1. The molecule has 1 fully saturated rings. The van der Waals surface area contributed by atoms with Gasteiger partial charge in [-0.3, -0.25) is 9.69 Å². The van der Waals surface area contributed by atoms with E-state index >= 15 is 0 Å². The smallest absolute Gasteiger partial charge is 0.251 e. The maximum absolute atomic E-state index is 12.2. The summed E-state index contributed by atoms with van der Waals surface area (Å²) in [5.41, 5.74) is 6.94. The van der Waals surface area contributed by atoms with E-state index in [2.05, 4.69) is 31.0 Å². The summed E-state index contributed by atoms with van der Waals surface area (Å²) in [5, 5.41) is 3.04. The van der Waals surface area contributed by atoms with Gasteiger partial charge >= 0.3 is 0 Å². The molecule has 2 rings (SSSR count). The molecule has 1 atom stereocenters. The fraction of sp³-hybridized carbons (Fsp3) is 0.588. The van der Waals surface area contributed by atoms with E-state index in [-0.39, 0.29) is 11.4 Å². The predicted molar refractivity (Wildman–Crippen MR) is 87.2 cm³/mol. The summed E-state index contributed by atoms with van der Waals surface area (Å²) >= 11 is 0. The van der Waals surface area contributed by atoms with Crippen molar-refractivity contribution in [1.82, 2.24) is 10.2 Å². The van der Waals surface area contributed by atoms with Gasteiger partial charge in [0.2, 0.25) is 0 Å². The third kappa shape index (κ3) is 4.21. The normalized spacial score (nSPS) is 20.2. The van der Waals surface area contributed by atoms with Gasteiger partial charge in [0.05, 0.1) is 0 Å². The highest BCUT2D eigenvalue weighted by Crippen LogP contribution is 2.23. The number of carbonyl (C=O) groups excluding carboxylic acids is 1. The van der Waals surface area contributed by atoms with E-state index < -0.39 is 0 Å². The van der Waals surface area contributed by atoms with Crippen LogP contribution in [0.1, 0.15) is 44.0 Å². The molecular weight excluding hydrogens is 262 g/mol. The average Bonchev–Trinajstić information content (AvgIpc) is 2.45. The van der Waals surface area contributed by atoms with Crippen LogP contribution in [0.15, 0.2) is 24.3 Å². The Kier molecular flexibility index (Phi) is 4.88. The van der Waals surface area contributed by atoms with Crippen LogP contribution in [-0.2, 0) is 0 Å². The molecule has 1 heterocycles. The maximum atomic E-state index is 12.2. The molecule has 1 aromatic rings. The van der Waals surface area contributed by atoms with Crippen molar-refractivity contribution in [3.63, 3.8) is 0 Å². The Morgan fingerprint density at radius 3 is 2.90 bits per heavy atom. The van der Waals surface area contributed by atoms with E-state index in [9.17, 15) is 4.79 Å². The molecule has 0 aromatic heterocycles. The molecule has 0 aliphatic carbocycles. The summed E-state index contributed by atoms with van der Waals surface area (Å²) in [6.45, 7) is 9.57. The molecule has 1 unspecified atom stereocenters. The van der Waals surface area contributed by atoms with E-state index in [1.807, 2.05) is 6.07 Å². The van der Waals surface area contributed by atoms with Crippen LogP contribution in [0.4, 0.5) is 5.69 Å². The highest BCUT2D eigenvalue weighted by atomic mass is 16.1. The lowest BCUT2D eigenvalue weighted by atomic mass is 9.93. The van der Waals surface area contributed by atoms with Crippen LogP contribution in [0.3, 0.4) is 0 Å². The lowest BCUT2D eigenvalue weighted by Crippen LogP contribution is -2.54. The molecule has 116 valence electrons. The highest BCUT2D eigenvalue weighted by molar-refractivity contribution is 5.95. The zero-order valence-corrected chi connectivity index (χ0v) is 13.4. The molecule has 3 N–H and O–H groups in total. The summed E-state index contributed by atoms with van der Waals surface area (Å²) in [5.74, 6) is 0.683. The number of rotatable bonds is 4. The minimum atomic E-state index is -0.0552. The van der Waals surface area contributed by atoms with Gasteiger partial charge in [0.15, 0.2) is 0 Å². The topological polar surface area (TPSA) is 58.4 Å². The molecule has 1 amide bonds. The second-order valence-corrected chi connectivity index (χ2v) is 6.81. The van der Waals surface area contributed by atoms with Crippen molar-refractivity contribution in [2.75, 3.05) is 25.4 Å². The first-order chi connectivity index (χ1) is 9.88. The number of nitrogens with two attached hydrogens (primary N) is 1. The molecule has 0 radical (unpaired) electrons. The Balaban J connectivity index is 1.93. The highest BCUT2D eigenvalue weighted by Gasteiger charge is 2.30. The molecular formula is C17H27N3O. The molecule has 4 nitrogen and oxygen atoms in total. The van der Waals surface area contributed by atoms with Crippen molar-refractivity contribution in [3.05, 3.63) is 29.8 Å². The molecule has 21 heavy (non-hydrogen) atoms. The van der Waals surface area contributed by atoms with Crippen LogP contribution in [0.2, 0.25) is 0 Å². The molecule has 0 saturated carbocycles. The van der Waals surface area contributed by atoms with E-state index in [1.165, 1.54) is 12.8 Å². The first-order valence-corrected chi connectivity index (χ1v) is 7.77. The summed E-state index contributed by atoms with van der Waals surface area (Å²) < 4.78 is 0. The number of carbonyl (C=O) groups is 1. The Hall–Kier alpha value is -1.55. The molecule has 1 aromatic carbocycles. The van der Waals surface area contributed by atoms with E-state index in [0.717, 1.165) is 19.0 Å².